The zero-order valence-corrected chi connectivity index (χ0v) is 14.0. The van der Waals surface area contributed by atoms with Crippen molar-refractivity contribution in [2.75, 3.05) is 28.9 Å². The molecule has 1 aliphatic heterocycles. The van der Waals surface area contributed by atoms with Gasteiger partial charge in [-0.25, -0.2) is 8.42 Å². The average molecular weight is 389 g/mol. The molecule has 4 N–H and O–H groups in total. The smallest absolute Gasteiger partial charge is 0.490 e. The van der Waals surface area contributed by atoms with E-state index in [4.69, 9.17) is 16.2 Å². The third-order valence-corrected chi connectivity index (χ3v) is 5.48. The van der Waals surface area contributed by atoms with E-state index in [9.17, 15) is 21.6 Å². The van der Waals surface area contributed by atoms with E-state index in [1.165, 1.54) is 24.3 Å². The highest BCUT2D eigenvalue weighted by atomic mass is 32.2. The molecular formula is C15H14F3N3O4S. The van der Waals surface area contributed by atoms with Crippen molar-refractivity contribution in [3.8, 4) is 11.5 Å². The lowest BCUT2D eigenvalue weighted by atomic mass is 10.2. The van der Waals surface area contributed by atoms with Crippen LogP contribution in [0.1, 0.15) is 0 Å². The number of nitrogens with zero attached hydrogens (tertiary/aromatic N) is 1. The van der Waals surface area contributed by atoms with Crippen LogP contribution in [-0.4, -0.2) is 27.9 Å². The lowest BCUT2D eigenvalue weighted by Gasteiger charge is -2.22. The van der Waals surface area contributed by atoms with E-state index in [-0.39, 0.29) is 40.9 Å². The van der Waals surface area contributed by atoms with Gasteiger partial charge in [0, 0.05) is 6.07 Å². The van der Waals surface area contributed by atoms with Gasteiger partial charge in [-0.2, -0.15) is 0 Å². The van der Waals surface area contributed by atoms with Crippen molar-refractivity contribution in [3.63, 3.8) is 0 Å². The number of halogens is 3. The maximum absolute atomic E-state index is 12.9. The number of sulfonamides is 1. The van der Waals surface area contributed by atoms with E-state index >= 15 is 0 Å². The number of benzene rings is 2. The van der Waals surface area contributed by atoms with Crippen molar-refractivity contribution in [3.05, 3.63) is 36.4 Å². The molecule has 140 valence electrons. The molecule has 7 nitrogen and oxygen atoms in total. The minimum Gasteiger partial charge on any atom is -0.490 e. The van der Waals surface area contributed by atoms with Crippen LogP contribution in [0.5, 0.6) is 11.5 Å². The summed E-state index contributed by atoms with van der Waals surface area (Å²) in [6.45, 7) is -0.0211. The molecule has 1 heterocycles. The maximum atomic E-state index is 12.9. The fourth-order valence-electron chi connectivity index (χ4n) is 2.47. The molecule has 0 saturated heterocycles. The van der Waals surface area contributed by atoms with Crippen molar-refractivity contribution >= 4 is 27.1 Å². The molecule has 26 heavy (non-hydrogen) atoms. The Morgan fingerprint density at radius 3 is 2.31 bits per heavy atom. The van der Waals surface area contributed by atoms with Crippen LogP contribution in [0.4, 0.5) is 30.2 Å². The summed E-state index contributed by atoms with van der Waals surface area (Å²) >= 11 is 0. The van der Waals surface area contributed by atoms with Crippen molar-refractivity contribution in [2.24, 2.45) is 0 Å². The molecule has 0 fully saturated rings. The zero-order valence-electron chi connectivity index (χ0n) is 13.2. The van der Waals surface area contributed by atoms with Gasteiger partial charge < -0.3 is 20.9 Å². The van der Waals surface area contributed by atoms with E-state index in [2.05, 4.69) is 4.74 Å². The summed E-state index contributed by atoms with van der Waals surface area (Å²) in [7, 11) is -4.05. The molecule has 2 aromatic rings. The van der Waals surface area contributed by atoms with Crippen LogP contribution >= 0.6 is 0 Å². The van der Waals surface area contributed by atoms with Gasteiger partial charge in [-0.1, -0.05) is 0 Å². The van der Waals surface area contributed by atoms with Gasteiger partial charge in [0.1, 0.15) is 23.0 Å². The third-order valence-electron chi connectivity index (χ3n) is 3.63. The Hall–Kier alpha value is -2.82. The summed E-state index contributed by atoms with van der Waals surface area (Å²) in [4.78, 5) is -0.169. The molecule has 2 aromatic carbocycles. The fraction of sp³-hybridized carbons (Fsp3) is 0.200. The first-order valence-electron chi connectivity index (χ1n) is 7.28. The van der Waals surface area contributed by atoms with E-state index < -0.39 is 22.1 Å². The predicted molar refractivity (Wildman–Crippen MR) is 88.4 cm³/mol. The first-order chi connectivity index (χ1) is 12.1. The van der Waals surface area contributed by atoms with Gasteiger partial charge >= 0.3 is 6.36 Å². The highest BCUT2D eigenvalue weighted by molar-refractivity contribution is 7.93. The number of ether oxygens (including phenoxy) is 2. The summed E-state index contributed by atoms with van der Waals surface area (Å²) < 4.78 is 72.8. The number of anilines is 3. The Kier molecular flexibility index (Phi) is 4.26. The van der Waals surface area contributed by atoms with Crippen molar-refractivity contribution < 1.29 is 31.1 Å². The SMILES string of the molecule is Nc1cc2c(cc1N)S(=O)(=O)N(c1ccc(OC(F)(F)F)cc1)CCO2. The fourth-order valence-corrected chi connectivity index (χ4v) is 4.06. The van der Waals surface area contributed by atoms with E-state index in [1.807, 2.05) is 0 Å². The normalized spacial score (nSPS) is 16.3. The molecule has 0 saturated carbocycles. The Morgan fingerprint density at radius 1 is 1.08 bits per heavy atom. The molecule has 0 radical (unpaired) electrons. The second-order valence-electron chi connectivity index (χ2n) is 5.40. The summed E-state index contributed by atoms with van der Waals surface area (Å²) in [5, 5.41) is 0. The monoisotopic (exact) mass is 389 g/mol. The van der Waals surface area contributed by atoms with E-state index in [1.54, 1.807) is 0 Å². The first-order valence-corrected chi connectivity index (χ1v) is 8.72. The topological polar surface area (TPSA) is 108 Å². The second-order valence-corrected chi connectivity index (χ2v) is 7.23. The quantitative estimate of drug-likeness (QED) is 0.764. The van der Waals surface area contributed by atoms with E-state index in [0.717, 1.165) is 16.4 Å². The molecule has 0 unspecified atom stereocenters. The van der Waals surface area contributed by atoms with Gasteiger partial charge in [0.15, 0.2) is 0 Å². The largest absolute Gasteiger partial charge is 0.573 e. The molecule has 0 atom stereocenters. The lowest BCUT2D eigenvalue weighted by Crippen LogP contribution is -2.32. The standard InChI is InChI=1S/C15H14F3N3O4S/c16-15(17,18)25-10-3-1-9(2-4-10)21-5-6-24-13-7-11(19)12(20)8-14(13)26(21,22)23/h1-4,7-8H,5-6,19-20H2. The third kappa shape index (κ3) is 3.43. The molecule has 3 rings (SSSR count). The average Bonchev–Trinajstić information content (AvgIpc) is 2.65. The number of nitrogen functional groups attached to an aromatic ring is 2. The first kappa shape index (κ1) is 18.0. The molecule has 0 amide bonds. The van der Waals surface area contributed by atoms with Crippen LogP contribution in [0.25, 0.3) is 0 Å². The number of hydrogen-bond acceptors (Lipinski definition) is 6. The molecule has 1 aliphatic rings. The minimum absolute atomic E-state index is 0.0242. The summed E-state index contributed by atoms with van der Waals surface area (Å²) in [6, 6.07) is 7.00. The van der Waals surface area contributed by atoms with Gasteiger partial charge in [-0.3, -0.25) is 4.31 Å². The molecule has 0 spiro atoms. The van der Waals surface area contributed by atoms with Crippen LogP contribution < -0.4 is 25.2 Å². The lowest BCUT2D eigenvalue weighted by molar-refractivity contribution is -0.274. The zero-order chi connectivity index (χ0) is 19.1. The van der Waals surface area contributed by atoms with Gasteiger partial charge in [-0.05, 0) is 30.3 Å². The highest BCUT2D eigenvalue weighted by Gasteiger charge is 2.33. The molecule has 11 heteroatoms. The molecule has 0 bridgehead atoms. The number of nitrogens with two attached hydrogens (primary N) is 2. The van der Waals surface area contributed by atoms with Crippen LogP contribution in [0.15, 0.2) is 41.3 Å². The van der Waals surface area contributed by atoms with Gasteiger partial charge in [0.05, 0.1) is 23.6 Å². The van der Waals surface area contributed by atoms with Crippen LogP contribution in [-0.2, 0) is 10.0 Å². The van der Waals surface area contributed by atoms with Gasteiger partial charge in [-0.15, -0.1) is 13.2 Å². The Bertz CT molecular complexity index is 930. The number of rotatable bonds is 2. The van der Waals surface area contributed by atoms with E-state index in [0.29, 0.717) is 0 Å². The van der Waals surface area contributed by atoms with Crippen LogP contribution in [0.3, 0.4) is 0 Å². The van der Waals surface area contributed by atoms with Crippen LogP contribution in [0.2, 0.25) is 0 Å². The summed E-state index contributed by atoms with van der Waals surface area (Å²) in [5.74, 6) is -0.390. The second kappa shape index (κ2) is 6.16. The Labute approximate surface area is 147 Å². The minimum atomic E-state index is -4.83. The van der Waals surface area contributed by atoms with Gasteiger partial charge in [0.2, 0.25) is 0 Å². The highest BCUT2D eigenvalue weighted by Crippen LogP contribution is 2.37. The number of alkyl halides is 3. The van der Waals surface area contributed by atoms with Crippen molar-refractivity contribution in [2.45, 2.75) is 11.3 Å². The van der Waals surface area contributed by atoms with Crippen molar-refractivity contribution in [1.82, 2.24) is 0 Å². The predicted octanol–water partition coefficient (Wildman–Crippen LogP) is 2.34. The molecule has 0 aliphatic carbocycles. The maximum Gasteiger partial charge on any atom is 0.573 e. The number of hydrogen-bond donors (Lipinski definition) is 2. The van der Waals surface area contributed by atoms with Crippen molar-refractivity contribution in [1.29, 1.82) is 0 Å². The molecular weight excluding hydrogens is 375 g/mol. The summed E-state index contributed by atoms with van der Waals surface area (Å²) in [6.07, 6.45) is -4.83. The Balaban J connectivity index is 1.99. The van der Waals surface area contributed by atoms with Gasteiger partial charge in [0.25, 0.3) is 10.0 Å². The van der Waals surface area contributed by atoms with Crippen LogP contribution in [0, 0.1) is 0 Å². The molecule has 0 aromatic heterocycles. The summed E-state index contributed by atoms with van der Waals surface area (Å²) in [5.41, 5.74) is 11.8. The number of fused-ring (bicyclic) bond motifs is 1. The Morgan fingerprint density at radius 2 is 1.69 bits per heavy atom.